The summed E-state index contributed by atoms with van der Waals surface area (Å²) in [6.45, 7) is 6.19. The van der Waals surface area contributed by atoms with Crippen LogP contribution in [-0.4, -0.2) is 6.61 Å². The van der Waals surface area contributed by atoms with E-state index in [4.69, 9.17) is 4.74 Å². The molecule has 0 fully saturated rings. The van der Waals surface area contributed by atoms with Crippen LogP contribution in [0.15, 0.2) is 61.2 Å². The maximum absolute atomic E-state index is 5.61. The minimum Gasteiger partial charge on any atom is -0.488 e. The van der Waals surface area contributed by atoms with E-state index >= 15 is 0 Å². The van der Waals surface area contributed by atoms with Crippen LogP contribution in [-0.2, 0) is 0 Å². The number of benzene rings is 2. The molecule has 0 saturated heterocycles. The van der Waals surface area contributed by atoms with Gasteiger partial charge in [0.1, 0.15) is 12.4 Å². The fourth-order valence-electron chi connectivity index (χ4n) is 1.68. The van der Waals surface area contributed by atoms with Gasteiger partial charge in [0.05, 0.1) is 5.56 Å². The zero-order valence-electron chi connectivity index (χ0n) is 11.0. The van der Waals surface area contributed by atoms with Crippen LogP contribution in [0.5, 0.6) is 5.75 Å². The highest BCUT2D eigenvalue weighted by Crippen LogP contribution is 2.19. The van der Waals surface area contributed by atoms with Crippen LogP contribution in [0.4, 0.5) is 0 Å². The maximum Gasteiger partial charge on any atom is 0.135 e. The van der Waals surface area contributed by atoms with Gasteiger partial charge in [0.25, 0.3) is 0 Å². The molecule has 0 aliphatic rings. The molecule has 0 N–H and O–H groups in total. The summed E-state index contributed by atoms with van der Waals surface area (Å²) in [6, 6.07) is 15.9. The molecule has 0 heterocycles. The number of ether oxygens (including phenoxy) is 1. The highest BCUT2D eigenvalue weighted by atomic mass is 16.5. The third kappa shape index (κ3) is 3.76. The lowest BCUT2D eigenvalue weighted by atomic mass is 10.1. The first kappa shape index (κ1) is 13.0. The number of aryl methyl sites for hydroxylation is 1. The molecule has 0 aliphatic heterocycles. The molecule has 2 aromatic rings. The second-order valence-corrected chi connectivity index (χ2v) is 4.22. The third-order valence-electron chi connectivity index (χ3n) is 2.61. The SMILES string of the molecule is C=CCOc1ccc(C)cc1C#Cc1ccccc1. The van der Waals surface area contributed by atoms with Gasteiger partial charge < -0.3 is 4.74 Å². The van der Waals surface area contributed by atoms with Gasteiger partial charge in [-0.05, 0) is 36.8 Å². The molecule has 2 aromatic carbocycles. The highest BCUT2D eigenvalue weighted by molar-refractivity contribution is 5.51. The molecule has 0 aliphatic carbocycles. The summed E-state index contributed by atoms with van der Waals surface area (Å²) < 4.78 is 5.61. The molecule has 0 amide bonds. The zero-order valence-corrected chi connectivity index (χ0v) is 11.0. The average Bonchev–Trinajstić information content (AvgIpc) is 2.45. The minimum absolute atomic E-state index is 0.489. The Balaban J connectivity index is 2.30. The van der Waals surface area contributed by atoms with Gasteiger partial charge in [-0.25, -0.2) is 0 Å². The van der Waals surface area contributed by atoms with Crippen molar-refractivity contribution in [3.05, 3.63) is 77.9 Å². The van der Waals surface area contributed by atoms with Crippen molar-refractivity contribution in [2.45, 2.75) is 6.92 Å². The largest absolute Gasteiger partial charge is 0.488 e. The molecule has 1 nitrogen and oxygen atoms in total. The Kier molecular flexibility index (Phi) is 4.42. The first-order chi connectivity index (χ1) is 9.29. The van der Waals surface area contributed by atoms with E-state index in [1.807, 2.05) is 55.5 Å². The predicted octanol–water partition coefficient (Wildman–Crippen LogP) is 3.96. The summed E-state index contributed by atoms with van der Waals surface area (Å²) >= 11 is 0. The molecule has 0 atom stereocenters. The maximum atomic E-state index is 5.61. The molecule has 0 spiro atoms. The zero-order chi connectivity index (χ0) is 13.5. The van der Waals surface area contributed by atoms with Crippen LogP contribution in [0.3, 0.4) is 0 Å². The molecule has 0 aromatic heterocycles. The van der Waals surface area contributed by atoms with Crippen molar-refractivity contribution in [3.8, 4) is 17.6 Å². The van der Waals surface area contributed by atoms with Crippen LogP contribution in [0.1, 0.15) is 16.7 Å². The first-order valence-electron chi connectivity index (χ1n) is 6.21. The van der Waals surface area contributed by atoms with Crippen molar-refractivity contribution in [2.75, 3.05) is 6.61 Å². The van der Waals surface area contributed by atoms with Crippen LogP contribution in [0, 0.1) is 18.8 Å². The highest BCUT2D eigenvalue weighted by Gasteiger charge is 2.00. The molecule has 1 heteroatoms. The van der Waals surface area contributed by atoms with Crippen molar-refractivity contribution >= 4 is 0 Å². The lowest BCUT2D eigenvalue weighted by Gasteiger charge is -2.06. The van der Waals surface area contributed by atoms with Crippen molar-refractivity contribution in [2.24, 2.45) is 0 Å². The van der Waals surface area contributed by atoms with Gasteiger partial charge >= 0.3 is 0 Å². The standard InChI is InChI=1S/C18H16O/c1-3-13-19-18-12-9-15(2)14-17(18)11-10-16-7-5-4-6-8-16/h3-9,12,14H,1,13H2,2H3. The van der Waals surface area contributed by atoms with Crippen molar-refractivity contribution in [1.82, 2.24) is 0 Å². The van der Waals surface area contributed by atoms with E-state index in [-0.39, 0.29) is 0 Å². The van der Waals surface area contributed by atoms with E-state index in [1.54, 1.807) is 6.08 Å². The Morgan fingerprint density at radius 3 is 2.63 bits per heavy atom. The Bertz CT molecular complexity index is 615. The summed E-state index contributed by atoms with van der Waals surface area (Å²) in [4.78, 5) is 0. The predicted molar refractivity (Wildman–Crippen MR) is 79.3 cm³/mol. The molecule has 0 saturated carbocycles. The summed E-state index contributed by atoms with van der Waals surface area (Å²) in [7, 11) is 0. The topological polar surface area (TPSA) is 9.23 Å². The van der Waals surface area contributed by atoms with Gasteiger partial charge in [0.2, 0.25) is 0 Å². The first-order valence-corrected chi connectivity index (χ1v) is 6.21. The van der Waals surface area contributed by atoms with Crippen LogP contribution in [0.2, 0.25) is 0 Å². The molecule has 0 unspecified atom stereocenters. The fraction of sp³-hybridized carbons (Fsp3) is 0.111. The monoisotopic (exact) mass is 248 g/mol. The number of hydrogen-bond acceptors (Lipinski definition) is 1. The van der Waals surface area contributed by atoms with E-state index in [0.29, 0.717) is 6.61 Å². The Morgan fingerprint density at radius 1 is 1.11 bits per heavy atom. The van der Waals surface area contributed by atoms with Crippen molar-refractivity contribution in [1.29, 1.82) is 0 Å². The number of rotatable bonds is 3. The van der Waals surface area contributed by atoms with Gasteiger partial charge in [0, 0.05) is 5.56 Å². The van der Waals surface area contributed by atoms with Gasteiger partial charge in [-0.2, -0.15) is 0 Å². The second kappa shape index (κ2) is 6.47. The van der Waals surface area contributed by atoms with E-state index in [1.165, 1.54) is 5.56 Å². The Morgan fingerprint density at radius 2 is 1.89 bits per heavy atom. The van der Waals surface area contributed by atoms with Gasteiger partial charge in [-0.3, -0.25) is 0 Å². The summed E-state index contributed by atoms with van der Waals surface area (Å²) in [5.74, 6) is 7.12. The molecular formula is C18H16O. The molecular weight excluding hydrogens is 232 g/mol. The molecule has 0 radical (unpaired) electrons. The summed E-state index contributed by atoms with van der Waals surface area (Å²) in [5.41, 5.74) is 3.08. The average molecular weight is 248 g/mol. The Hall–Kier alpha value is -2.46. The Labute approximate surface area is 114 Å². The molecule has 2 rings (SSSR count). The lowest BCUT2D eigenvalue weighted by Crippen LogP contribution is -1.95. The third-order valence-corrected chi connectivity index (χ3v) is 2.61. The minimum atomic E-state index is 0.489. The number of hydrogen-bond donors (Lipinski definition) is 0. The van der Waals surface area contributed by atoms with Gasteiger partial charge in [0.15, 0.2) is 0 Å². The lowest BCUT2D eigenvalue weighted by molar-refractivity contribution is 0.362. The smallest absolute Gasteiger partial charge is 0.135 e. The molecule has 19 heavy (non-hydrogen) atoms. The van der Waals surface area contributed by atoms with E-state index in [0.717, 1.165) is 16.9 Å². The van der Waals surface area contributed by atoms with E-state index < -0.39 is 0 Å². The summed E-state index contributed by atoms with van der Waals surface area (Å²) in [6.07, 6.45) is 1.73. The van der Waals surface area contributed by atoms with Gasteiger partial charge in [-0.1, -0.05) is 48.8 Å². The van der Waals surface area contributed by atoms with Crippen LogP contribution < -0.4 is 4.74 Å². The van der Waals surface area contributed by atoms with Crippen LogP contribution in [0.25, 0.3) is 0 Å². The molecule has 0 bridgehead atoms. The fourth-order valence-corrected chi connectivity index (χ4v) is 1.68. The van der Waals surface area contributed by atoms with Crippen molar-refractivity contribution in [3.63, 3.8) is 0 Å². The van der Waals surface area contributed by atoms with E-state index in [9.17, 15) is 0 Å². The van der Waals surface area contributed by atoms with Gasteiger partial charge in [-0.15, -0.1) is 0 Å². The van der Waals surface area contributed by atoms with E-state index in [2.05, 4.69) is 18.4 Å². The quantitative estimate of drug-likeness (QED) is 0.590. The van der Waals surface area contributed by atoms with Crippen molar-refractivity contribution < 1.29 is 4.74 Å². The molecule has 94 valence electrons. The normalized spacial score (nSPS) is 9.32. The second-order valence-electron chi connectivity index (χ2n) is 4.22. The van der Waals surface area contributed by atoms with Crippen LogP contribution >= 0.6 is 0 Å². The summed E-state index contributed by atoms with van der Waals surface area (Å²) in [5, 5.41) is 0.